The van der Waals surface area contributed by atoms with Gasteiger partial charge in [-0.2, -0.15) is 0 Å². The summed E-state index contributed by atoms with van der Waals surface area (Å²) in [7, 11) is 0. The summed E-state index contributed by atoms with van der Waals surface area (Å²) in [5.74, 6) is 0.886. The van der Waals surface area contributed by atoms with E-state index in [1.54, 1.807) is 0 Å². The van der Waals surface area contributed by atoms with Crippen LogP contribution in [0.4, 0.5) is 17.2 Å². The Morgan fingerprint density at radius 1 is 1.05 bits per heavy atom. The zero-order valence-corrected chi connectivity index (χ0v) is 13.5. The van der Waals surface area contributed by atoms with Crippen molar-refractivity contribution in [3.8, 4) is 0 Å². The van der Waals surface area contributed by atoms with Gasteiger partial charge < -0.3 is 15.5 Å². The molecule has 1 fully saturated rings. The zero-order valence-electron chi connectivity index (χ0n) is 13.5. The Morgan fingerprint density at radius 3 is 2.36 bits per heavy atom. The first-order valence-corrected chi connectivity index (χ1v) is 7.92. The van der Waals surface area contributed by atoms with Gasteiger partial charge in [-0.25, -0.2) is 4.98 Å². The Labute approximate surface area is 132 Å². The van der Waals surface area contributed by atoms with Crippen molar-refractivity contribution in [2.75, 3.05) is 23.3 Å². The van der Waals surface area contributed by atoms with Crippen molar-refractivity contribution in [3.05, 3.63) is 48.2 Å². The van der Waals surface area contributed by atoms with Gasteiger partial charge in [-0.15, -0.1) is 0 Å². The van der Waals surface area contributed by atoms with Gasteiger partial charge in [0.1, 0.15) is 5.82 Å². The van der Waals surface area contributed by atoms with Crippen LogP contribution >= 0.6 is 0 Å². The lowest BCUT2D eigenvalue weighted by Gasteiger charge is -2.37. The molecule has 0 unspecified atom stereocenters. The predicted molar refractivity (Wildman–Crippen MR) is 93.0 cm³/mol. The first-order chi connectivity index (χ1) is 10.6. The Balaban J connectivity index is 1.70. The second kappa shape index (κ2) is 6.36. The average Bonchev–Trinajstić information content (AvgIpc) is 2.47. The van der Waals surface area contributed by atoms with Crippen LogP contribution in [0.1, 0.15) is 19.5 Å². The van der Waals surface area contributed by atoms with Gasteiger partial charge in [-0.1, -0.05) is 6.07 Å². The van der Waals surface area contributed by atoms with Crippen molar-refractivity contribution < 1.29 is 0 Å². The Kier molecular flexibility index (Phi) is 4.29. The standard InChI is InChI=1S/C18H24N4/c1-13-5-4-6-18(20-13)21-16-7-9-17(10-8-16)22-11-14(2)19-15(3)12-22/h4-10,14-15,19H,11-12H2,1-3H3,(H,20,21)/t14-,15+. The van der Waals surface area contributed by atoms with E-state index in [9.17, 15) is 0 Å². The first kappa shape index (κ1) is 14.9. The third-order valence-electron chi connectivity index (χ3n) is 3.95. The lowest BCUT2D eigenvalue weighted by Crippen LogP contribution is -2.54. The Bertz CT molecular complexity index is 613. The van der Waals surface area contributed by atoms with Crippen molar-refractivity contribution in [2.45, 2.75) is 32.9 Å². The largest absolute Gasteiger partial charge is 0.368 e. The maximum absolute atomic E-state index is 4.47. The van der Waals surface area contributed by atoms with E-state index in [0.717, 1.165) is 30.3 Å². The summed E-state index contributed by atoms with van der Waals surface area (Å²) in [6, 6.07) is 15.7. The molecule has 0 spiro atoms. The zero-order chi connectivity index (χ0) is 15.5. The van der Waals surface area contributed by atoms with Crippen LogP contribution in [0.25, 0.3) is 0 Å². The number of benzene rings is 1. The van der Waals surface area contributed by atoms with Crippen LogP contribution in [0.5, 0.6) is 0 Å². The first-order valence-electron chi connectivity index (χ1n) is 7.92. The number of rotatable bonds is 3. The van der Waals surface area contributed by atoms with Crippen molar-refractivity contribution in [1.29, 1.82) is 0 Å². The number of nitrogens with one attached hydrogen (secondary N) is 2. The highest BCUT2D eigenvalue weighted by Crippen LogP contribution is 2.22. The minimum absolute atomic E-state index is 0.526. The van der Waals surface area contributed by atoms with Crippen LogP contribution in [-0.2, 0) is 0 Å². The van der Waals surface area contributed by atoms with Crippen LogP contribution in [0.15, 0.2) is 42.5 Å². The highest BCUT2D eigenvalue weighted by Gasteiger charge is 2.20. The molecule has 1 aliphatic rings. The maximum atomic E-state index is 4.47. The van der Waals surface area contributed by atoms with Crippen molar-refractivity contribution in [2.24, 2.45) is 0 Å². The third kappa shape index (κ3) is 3.57. The summed E-state index contributed by atoms with van der Waals surface area (Å²) in [6.45, 7) is 8.58. The molecule has 0 saturated carbocycles. The van der Waals surface area contributed by atoms with Crippen LogP contribution in [0.2, 0.25) is 0 Å². The molecule has 1 aromatic carbocycles. The lowest BCUT2D eigenvalue weighted by molar-refractivity contribution is 0.407. The second-order valence-electron chi connectivity index (χ2n) is 6.21. The molecule has 22 heavy (non-hydrogen) atoms. The fourth-order valence-corrected chi connectivity index (χ4v) is 3.05. The van der Waals surface area contributed by atoms with Crippen molar-refractivity contribution >= 4 is 17.2 Å². The smallest absolute Gasteiger partial charge is 0.130 e. The van der Waals surface area contributed by atoms with E-state index in [-0.39, 0.29) is 0 Å². The molecule has 2 heterocycles. The molecule has 0 aliphatic carbocycles. The van der Waals surface area contributed by atoms with Crippen molar-refractivity contribution in [3.63, 3.8) is 0 Å². The van der Waals surface area contributed by atoms with Crippen molar-refractivity contribution in [1.82, 2.24) is 10.3 Å². The van der Waals surface area contributed by atoms with Gasteiger partial charge >= 0.3 is 0 Å². The van der Waals surface area contributed by atoms with E-state index in [0.29, 0.717) is 12.1 Å². The van der Waals surface area contributed by atoms with Gasteiger partial charge in [0.05, 0.1) is 0 Å². The number of nitrogens with zero attached hydrogens (tertiary/aromatic N) is 2. The maximum Gasteiger partial charge on any atom is 0.130 e. The molecule has 1 saturated heterocycles. The van der Waals surface area contributed by atoms with Gasteiger partial charge in [0.25, 0.3) is 0 Å². The minimum Gasteiger partial charge on any atom is -0.368 e. The molecular formula is C18H24N4. The molecule has 3 rings (SSSR count). The Hall–Kier alpha value is -2.07. The van der Waals surface area contributed by atoms with E-state index in [2.05, 4.69) is 58.6 Å². The van der Waals surface area contributed by atoms with E-state index in [1.807, 2.05) is 25.1 Å². The summed E-state index contributed by atoms with van der Waals surface area (Å²) in [6.07, 6.45) is 0. The number of anilines is 3. The SMILES string of the molecule is Cc1cccc(Nc2ccc(N3C[C@@H](C)N[C@@H](C)C3)cc2)n1. The number of hydrogen-bond acceptors (Lipinski definition) is 4. The molecule has 2 atom stereocenters. The lowest BCUT2D eigenvalue weighted by atomic mass is 10.1. The molecule has 1 aromatic heterocycles. The molecule has 4 heteroatoms. The summed E-state index contributed by atoms with van der Waals surface area (Å²) < 4.78 is 0. The Morgan fingerprint density at radius 2 is 1.73 bits per heavy atom. The molecule has 4 nitrogen and oxygen atoms in total. The van der Waals surface area contributed by atoms with Crippen LogP contribution in [-0.4, -0.2) is 30.2 Å². The minimum atomic E-state index is 0.526. The summed E-state index contributed by atoms with van der Waals surface area (Å²) in [4.78, 5) is 6.92. The van der Waals surface area contributed by atoms with Gasteiger partial charge in [-0.05, 0) is 57.2 Å². The molecular weight excluding hydrogens is 272 g/mol. The molecule has 0 amide bonds. The highest BCUT2D eigenvalue weighted by molar-refractivity contribution is 5.61. The number of piperazine rings is 1. The van der Waals surface area contributed by atoms with Gasteiger partial charge in [0, 0.05) is 42.2 Å². The topological polar surface area (TPSA) is 40.2 Å². The quantitative estimate of drug-likeness (QED) is 0.911. The normalized spacial score (nSPS) is 21.7. The fourth-order valence-electron chi connectivity index (χ4n) is 3.05. The van der Waals surface area contributed by atoms with Gasteiger partial charge in [-0.3, -0.25) is 0 Å². The number of hydrogen-bond donors (Lipinski definition) is 2. The molecule has 0 bridgehead atoms. The summed E-state index contributed by atoms with van der Waals surface area (Å²) in [5.41, 5.74) is 3.37. The van der Waals surface area contributed by atoms with Gasteiger partial charge in [0.2, 0.25) is 0 Å². The number of aromatic nitrogens is 1. The van der Waals surface area contributed by atoms with E-state index in [4.69, 9.17) is 0 Å². The van der Waals surface area contributed by atoms with Crippen LogP contribution in [0, 0.1) is 6.92 Å². The van der Waals surface area contributed by atoms with E-state index >= 15 is 0 Å². The molecule has 116 valence electrons. The molecule has 2 N–H and O–H groups in total. The third-order valence-corrected chi connectivity index (χ3v) is 3.95. The van der Waals surface area contributed by atoms with E-state index < -0.39 is 0 Å². The monoisotopic (exact) mass is 296 g/mol. The highest BCUT2D eigenvalue weighted by atomic mass is 15.2. The number of aryl methyl sites for hydroxylation is 1. The average molecular weight is 296 g/mol. The summed E-state index contributed by atoms with van der Waals surface area (Å²) >= 11 is 0. The number of pyridine rings is 1. The second-order valence-corrected chi connectivity index (χ2v) is 6.21. The predicted octanol–water partition coefficient (Wildman–Crippen LogP) is 3.32. The van der Waals surface area contributed by atoms with Crippen LogP contribution < -0.4 is 15.5 Å². The molecule has 2 aromatic rings. The molecule has 0 radical (unpaired) electrons. The fraction of sp³-hybridized carbons (Fsp3) is 0.389. The van der Waals surface area contributed by atoms with Gasteiger partial charge in [0.15, 0.2) is 0 Å². The van der Waals surface area contributed by atoms with E-state index in [1.165, 1.54) is 5.69 Å². The molecule has 1 aliphatic heterocycles. The summed E-state index contributed by atoms with van der Waals surface area (Å²) in [5, 5.41) is 6.92. The van der Waals surface area contributed by atoms with Crippen LogP contribution in [0.3, 0.4) is 0 Å².